The Bertz CT molecular complexity index is 593. The van der Waals surface area contributed by atoms with E-state index in [9.17, 15) is 4.79 Å². The Kier molecular flexibility index (Phi) is 7.53. The van der Waals surface area contributed by atoms with E-state index in [4.69, 9.17) is 9.47 Å². The molecule has 0 N–H and O–H groups in total. The van der Waals surface area contributed by atoms with E-state index in [-0.39, 0.29) is 5.91 Å². The molecule has 1 saturated carbocycles. The maximum Gasteiger partial charge on any atom is 0.251 e. The van der Waals surface area contributed by atoms with Crippen LogP contribution in [0.4, 0.5) is 0 Å². The summed E-state index contributed by atoms with van der Waals surface area (Å²) in [6.45, 7) is 7.11. The molecule has 5 nitrogen and oxygen atoms in total. The molecule has 5 heteroatoms. The van der Waals surface area contributed by atoms with Gasteiger partial charge in [-0.25, -0.2) is 0 Å². The topological polar surface area (TPSA) is 42.0 Å². The average molecular weight is 375 g/mol. The van der Waals surface area contributed by atoms with E-state index in [0.717, 1.165) is 43.4 Å². The number of methoxy groups -OCH3 is 1. The minimum atomic E-state index is -0.416. The third kappa shape index (κ3) is 5.94. The monoisotopic (exact) mass is 374 g/mol. The van der Waals surface area contributed by atoms with Crippen molar-refractivity contribution in [2.24, 2.45) is 5.92 Å². The summed E-state index contributed by atoms with van der Waals surface area (Å²) < 4.78 is 11.1. The van der Waals surface area contributed by atoms with Crippen LogP contribution < -0.4 is 4.74 Å². The first-order valence-corrected chi connectivity index (χ1v) is 10.4. The highest BCUT2D eigenvalue weighted by Gasteiger charge is 2.26. The van der Waals surface area contributed by atoms with E-state index >= 15 is 0 Å². The molecule has 0 radical (unpaired) electrons. The van der Waals surface area contributed by atoms with E-state index in [1.54, 1.807) is 7.11 Å². The number of hydrogen-bond donors (Lipinski definition) is 0. The van der Waals surface area contributed by atoms with E-state index in [1.165, 1.54) is 38.6 Å². The number of ether oxygens (including phenoxy) is 2. The van der Waals surface area contributed by atoms with Gasteiger partial charge in [-0.3, -0.25) is 9.69 Å². The van der Waals surface area contributed by atoms with Gasteiger partial charge in [0.1, 0.15) is 11.9 Å². The van der Waals surface area contributed by atoms with Crippen LogP contribution in [0.15, 0.2) is 24.3 Å². The lowest BCUT2D eigenvalue weighted by Crippen LogP contribution is -2.52. The van der Waals surface area contributed by atoms with Gasteiger partial charge in [-0.2, -0.15) is 0 Å². The third-order valence-electron chi connectivity index (χ3n) is 5.91. The minimum absolute atomic E-state index is 0.107. The van der Waals surface area contributed by atoms with Gasteiger partial charge in [0.2, 0.25) is 0 Å². The fourth-order valence-corrected chi connectivity index (χ4v) is 4.20. The first kappa shape index (κ1) is 20.2. The molecule has 1 aromatic rings. The highest BCUT2D eigenvalue weighted by atomic mass is 16.5. The molecule has 0 aromatic heterocycles. The van der Waals surface area contributed by atoms with Crippen LogP contribution >= 0.6 is 0 Å². The summed E-state index contributed by atoms with van der Waals surface area (Å²) in [5, 5.41) is 0. The number of carbonyl (C=O) groups excluding carboxylic acids is 1. The zero-order valence-electron chi connectivity index (χ0n) is 16.9. The summed E-state index contributed by atoms with van der Waals surface area (Å²) in [4.78, 5) is 17.2. The molecule has 1 unspecified atom stereocenters. The normalized spacial score (nSPS) is 20.4. The van der Waals surface area contributed by atoms with Crippen LogP contribution in [0.5, 0.6) is 5.75 Å². The second-order valence-corrected chi connectivity index (χ2v) is 7.93. The van der Waals surface area contributed by atoms with Crippen LogP contribution in [-0.4, -0.2) is 61.6 Å². The second kappa shape index (κ2) is 10.1. The zero-order valence-corrected chi connectivity index (χ0v) is 16.9. The predicted octanol–water partition coefficient (Wildman–Crippen LogP) is 3.32. The van der Waals surface area contributed by atoms with Gasteiger partial charge in [0.15, 0.2) is 0 Å². The first-order valence-electron chi connectivity index (χ1n) is 10.4. The van der Waals surface area contributed by atoms with Gasteiger partial charge in [0, 0.05) is 32.7 Å². The van der Waals surface area contributed by atoms with Crippen molar-refractivity contribution in [2.45, 2.75) is 51.7 Å². The lowest BCUT2D eigenvalue weighted by Gasteiger charge is -2.38. The SMILES string of the molecule is COc1cccc(COC(C)C(=O)N2CCN(CC3CCCCC3)CC2)c1. The first-order chi connectivity index (χ1) is 13.2. The van der Waals surface area contributed by atoms with E-state index in [0.29, 0.717) is 6.61 Å². The maximum atomic E-state index is 12.7. The number of piperazine rings is 1. The summed E-state index contributed by atoms with van der Waals surface area (Å²) in [5.74, 6) is 1.78. The van der Waals surface area contributed by atoms with Crippen molar-refractivity contribution in [3.05, 3.63) is 29.8 Å². The van der Waals surface area contributed by atoms with Crippen LogP contribution in [-0.2, 0) is 16.1 Å². The fourth-order valence-electron chi connectivity index (χ4n) is 4.20. The smallest absolute Gasteiger partial charge is 0.251 e. The second-order valence-electron chi connectivity index (χ2n) is 7.93. The molecule has 1 atom stereocenters. The fraction of sp³-hybridized carbons (Fsp3) is 0.682. The molecule has 0 spiro atoms. The van der Waals surface area contributed by atoms with Gasteiger partial charge in [-0.15, -0.1) is 0 Å². The van der Waals surface area contributed by atoms with Crippen LogP contribution in [0.25, 0.3) is 0 Å². The van der Waals surface area contributed by atoms with Gasteiger partial charge >= 0.3 is 0 Å². The molecule has 0 bridgehead atoms. The summed E-state index contributed by atoms with van der Waals surface area (Å²) in [7, 11) is 1.65. The molecule has 3 rings (SSSR count). The Morgan fingerprint density at radius 1 is 1.15 bits per heavy atom. The Morgan fingerprint density at radius 3 is 2.59 bits per heavy atom. The zero-order chi connectivity index (χ0) is 19.1. The number of hydrogen-bond acceptors (Lipinski definition) is 4. The van der Waals surface area contributed by atoms with Crippen LogP contribution in [0.3, 0.4) is 0 Å². The number of nitrogens with zero attached hydrogens (tertiary/aromatic N) is 2. The van der Waals surface area contributed by atoms with Crippen molar-refractivity contribution in [1.82, 2.24) is 9.80 Å². The Balaban J connectivity index is 1.40. The van der Waals surface area contributed by atoms with Crippen molar-refractivity contribution < 1.29 is 14.3 Å². The van der Waals surface area contributed by atoms with Gasteiger partial charge in [0.05, 0.1) is 13.7 Å². The van der Waals surface area contributed by atoms with Gasteiger partial charge in [-0.1, -0.05) is 31.4 Å². The molecule has 27 heavy (non-hydrogen) atoms. The maximum absolute atomic E-state index is 12.7. The number of benzene rings is 1. The molecule has 2 aliphatic rings. The molecule has 150 valence electrons. The highest BCUT2D eigenvalue weighted by molar-refractivity contribution is 5.80. The van der Waals surface area contributed by atoms with Crippen LogP contribution in [0.2, 0.25) is 0 Å². The van der Waals surface area contributed by atoms with Crippen molar-refractivity contribution in [3.63, 3.8) is 0 Å². The van der Waals surface area contributed by atoms with Crippen LogP contribution in [0.1, 0.15) is 44.6 Å². The van der Waals surface area contributed by atoms with Crippen molar-refractivity contribution in [1.29, 1.82) is 0 Å². The molecule has 1 heterocycles. The Hall–Kier alpha value is -1.59. The molecular weight excluding hydrogens is 340 g/mol. The largest absolute Gasteiger partial charge is 0.497 e. The van der Waals surface area contributed by atoms with Crippen molar-refractivity contribution in [3.8, 4) is 5.75 Å². The van der Waals surface area contributed by atoms with Crippen LogP contribution in [0, 0.1) is 5.92 Å². The summed E-state index contributed by atoms with van der Waals surface area (Å²) >= 11 is 0. The summed E-state index contributed by atoms with van der Waals surface area (Å²) in [6.07, 6.45) is 6.55. The lowest BCUT2D eigenvalue weighted by molar-refractivity contribution is -0.145. The standard InChI is InChI=1S/C22H34N2O3/c1-18(27-17-20-9-6-10-21(15-20)26-2)22(25)24-13-11-23(12-14-24)16-19-7-4-3-5-8-19/h6,9-10,15,18-19H,3-5,7-8,11-14,16-17H2,1-2H3. The van der Waals surface area contributed by atoms with E-state index < -0.39 is 6.10 Å². The Morgan fingerprint density at radius 2 is 1.89 bits per heavy atom. The quantitative estimate of drug-likeness (QED) is 0.734. The summed E-state index contributed by atoms with van der Waals surface area (Å²) in [5.41, 5.74) is 1.02. The lowest BCUT2D eigenvalue weighted by atomic mass is 9.89. The molecule has 1 amide bonds. The van der Waals surface area contributed by atoms with E-state index in [1.807, 2.05) is 36.1 Å². The molecule has 1 aliphatic carbocycles. The minimum Gasteiger partial charge on any atom is -0.497 e. The molecule has 2 fully saturated rings. The van der Waals surface area contributed by atoms with Gasteiger partial charge in [-0.05, 0) is 43.4 Å². The van der Waals surface area contributed by atoms with Crippen molar-refractivity contribution >= 4 is 5.91 Å². The van der Waals surface area contributed by atoms with Gasteiger partial charge < -0.3 is 14.4 Å². The number of carbonyl (C=O) groups is 1. The van der Waals surface area contributed by atoms with Gasteiger partial charge in [0.25, 0.3) is 5.91 Å². The summed E-state index contributed by atoms with van der Waals surface area (Å²) in [6, 6.07) is 7.78. The molecule has 1 aliphatic heterocycles. The third-order valence-corrected chi connectivity index (χ3v) is 5.91. The highest BCUT2D eigenvalue weighted by Crippen LogP contribution is 2.24. The van der Waals surface area contributed by atoms with E-state index in [2.05, 4.69) is 4.90 Å². The Labute approximate surface area is 163 Å². The van der Waals surface area contributed by atoms with Crippen molar-refractivity contribution in [2.75, 3.05) is 39.8 Å². The number of amides is 1. The predicted molar refractivity (Wildman–Crippen MR) is 107 cm³/mol. The molecule has 1 aromatic carbocycles. The molecular formula is C22H34N2O3. The number of rotatable bonds is 7. The molecule has 1 saturated heterocycles. The average Bonchev–Trinajstić information content (AvgIpc) is 2.73.